The molecular formula is C12H8ClF2NO2. The first-order valence-electron chi connectivity index (χ1n) is 4.98. The highest BCUT2D eigenvalue weighted by Gasteiger charge is 2.07. The van der Waals surface area contributed by atoms with Gasteiger partial charge in [0.05, 0.1) is 17.3 Å². The van der Waals surface area contributed by atoms with Crippen molar-refractivity contribution in [3.63, 3.8) is 0 Å². The zero-order chi connectivity index (χ0) is 13.1. The molecule has 1 aromatic heterocycles. The largest absolute Gasteiger partial charge is 0.439 e. The van der Waals surface area contributed by atoms with Crippen molar-refractivity contribution < 1.29 is 18.6 Å². The average molecular weight is 272 g/mol. The molecule has 0 spiro atoms. The van der Waals surface area contributed by atoms with Crippen molar-refractivity contribution in [1.82, 2.24) is 4.98 Å². The zero-order valence-corrected chi connectivity index (χ0v) is 9.79. The van der Waals surface area contributed by atoms with E-state index >= 15 is 0 Å². The normalized spacial score (nSPS) is 10.4. The van der Waals surface area contributed by atoms with Crippen molar-refractivity contribution in [3.8, 4) is 11.6 Å². The molecule has 0 saturated carbocycles. The molecule has 0 saturated heterocycles. The van der Waals surface area contributed by atoms with Crippen LogP contribution in [0, 0.1) is 11.6 Å². The van der Waals surface area contributed by atoms with E-state index in [-0.39, 0.29) is 29.0 Å². The number of pyridine rings is 1. The molecule has 0 unspecified atom stereocenters. The fraction of sp³-hybridized carbons (Fsp3) is 0.0833. The molecule has 6 heteroatoms. The predicted molar refractivity (Wildman–Crippen MR) is 61.6 cm³/mol. The molecule has 0 amide bonds. The van der Waals surface area contributed by atoms with Gasteiger partial charge in [-0.15, -0.1) is 0 Å². The Morgan fingerprint density at radius 1 is 1.17 bits per heavy atom. The van der Waals surface area contributed by atoms with Gasteiger partial charge in [-0.25, -0.2) is 13.8 Å². The van der Waals surface area contributed by atoms with Crippen LogP contribution in [0.3, 0.4) is 0 Å². The first kappa shape index (κ1) is 12.7. The molecule has 0 aliphatic rings. The summed E-state index contributed by atoms with van der Waals surface area (Å²) >= 11 is 5.75. The van der Waals surface area contributed by atoms with Crippen molar-refractivity contribution >= 4 is 11.6 Å². The van der Waals surface area contributed by atoms with Crippen molar-refractivity contribution in [2.24, 2.45) is 0 Å². The topological polar surface area (TPSA) is 42.4 Å². The standard InChI is InChI=1S/C12H8ClF2NO2/c13-10-1-2-12(16-11(10)6-17)18-9-4-7(14)3-8(15)5-9/h1-5,17H,6H2. The third-order valence-electron chi connectivity index (χ3n) is 2.10. The maximum absolute atomic E-state index is 12.9. The highest BCUT2D eigenvalue weighted by Crippen LogP contribution is 2.24. The molecule has 3 nitrogen and oxygen atoms in total. The second kappa shape index (κ2) is 5.29. The molecule has 2 rings (SSSR count). The summed E-state index contributed by atoms with van der Waals surface area (Å²) < 4.78 is 31.1. The third-order valence-corrected chi connectivity index (χ3v) is 2.45. The van der Waals surface area contributed by atoms with Crippen LogP contribution in [0.5, 0.6) is 11.6 Å². The van der Waals surface area contributed by atoms with Crippen LogP contribution in [-0.4, -0.2) is 10.1 Å². The van der Waals surface area contributed by atoms with E-state index in [4.69, 9.17) is 21.4 Å². The highest BCUT2D eigenvalue weighted by atomic mass is 35.5. The van der Waals surface area contributed by atoms with E-state index in [1.54, 1.807) is 0 Å². The molecule has 2 aromatic rings. The molecule has 1 aromatic carbocycles. The maximum atomic E-state index is 12.9. The molecule has 94 valence electrons. The van der Waals surface area contributed by atoms with Gasteiger partial charge in [0.25, 0.3) is 0 Å². The van der Waals surface area contributed by atoms with E-state index in [0.29, 0.717) is 0 Å². The van der Waals surface area contributed by atoms with Gasteiger partial charge in [0, 0.05) is 24.3 Å². The minimum absolute atomic E-state index is 0.0220. The fourth-order valence-corrected chi connectivity index (χ4v) is 1.51. The van der Waals surface area contributed by atoms with Gasteiger partial charge in [0.15, 0.2) is 0 Å². The van der Waals surface area contributed by atoms with Crippen LogP contribution in [0.2, 0.25) is 5.02 Å². The van der Waals surface area contributed by atoms with Gasteiger partial charge >= 0.3 is 0 Å². The number of nitrogens with zero attached hydrogens (tertiary/aromatic N) is 1. The summed E-state index contributed by atoms with van der Waals surface area (Å²) in [6.45, 7) is -0.354. The number of hydrogen-bond donors (Lipinski definition) is 1. The van der Waals surface area contributed by atoms with E-state index in [9.17, 15) is 8.78 Å². The lowest BCUT2D eigenvalue weighted by Gasteiger charge is -2.07. The third kappa shape index (κ3) is 2.94. The molecule has 0 atom stereocenters. The summed E-state index contributed by atoms with van der Waals surface area (Å²) in [6.07, 6.45) is 0. The minimum Gasteiger partial charge on any atom is -0.439 e. The van der Waals surface area contributed by atoms with Gasteiger partial charge in [0.2, 0.25) is 5.88 Å². The summed E-state index contributed by atoms with van der Waals surface area (Å²) in [5, 5.41) is 9.26. The molecule has 1 heterocycles. The summed E-state index contributed by atoms with van der Waals surface area (Å²) in [5.41, 5.74) is 0.228. The summed E-state index contributed by atoms with van der Waals surface area (Å²) in [6, 6.07) is 5.70. The number of rotatable bonds is 3. The number of halogens is 3. The van der Waals surface area contributed by atoms with Crippen LogP contribution in [0.1, 0.15) is 5.69 Å². The van der Waals surface area contributed by atoms with Crippen LogP contribution in [0.25, 0.3) is 0 Å². The molecule has 1 N–H and O–H groups in total. The Kier molecular flexibility index (Phi) is 3.74. The fourth-order valence-electron chi connectivity index (χ4n) is 1.34. The van der Waals surface area contributed by atoms with E-state index in [0.717, 1.165) is 18.2 Å². The highest BCUT2D eigenvalue weighted by molar-refractivity contribution is 6.31. The quantitative estimate of drug-likeness (QED) is 0.931. The Balaban J connectivity index is 2.28. The van der Waals surface area contributed by atoms with Crippen LogP contribution < -0.4 is 4.74 Å². The lowest BCUT2D eigenvalue weighted by molar-refractivity contribution is 0.275. The van der Waals surface area contributed by atoms with E-state index in [1.807, 2.05) is 0 Å². The summed E-state index contributed by atoms with van der Waals surface area (Å²) in [4.78, 5) is 3.90. The molecule has 0 fully saturated rings. The van der Waals surface area contributed by atoms with E-state index < -0.39 is 11.6 Å². The Hall–Kier alpha value is -1.72. The second-order valence-electron chi connectivity index (χ2n) is 3.44. The lowest BCUT2D eigenvalue weighted by atomic mass is 10.3. The number of benzene rings is 1. The van der Waals surface area contributed by atoms with E-state index in [1.165, 1.54) is 12.1 Å². The number of aliphatic hydroxyl groups excluding tert-OH is 1. The lowest BCUT2D eigenvalue weighted by Crippen LogP contribution is -1.95. The van der Waals surface area contributed by atoms with E-state index in [2.05, 4.69) is 4.98 Å². The summed E-state index contributed by atoms with van der Waals surface area (Å²) in [5.74, 6) is -1.43. The first-order chi connectivity index (χ1) is 8.58. The zero-order valence-electron chi connectivity index (χ0n) is 9.03. The number of aromatic nitrogens is 1. The van der Waals surface area contributed by atoms with Crippen molar-refractivity contribution in [1.29, 1.82) is 0 Å². The maximum Gasteiger partial charge on any atom is 0.219 e. The van der Waals surface area contributed by atoms with Crippen molar-refractivity contribution in [2.45, 2.75) is 6.61 Å². The molecule has 18 heavy (non-hydrogen) atoms. The average Bonchev–Trinajstić information content (AvgIpc) is 2.30. The molecule has 0 bridgehead atoms. The van der Waals surface area contributed by atoms with Crippen LogP contribution in [-0.2, 0) is 6.61 Å². The summed E-state index contributed by atoms with van der Waals surface area (Å²) in [7, 11) is 0. The SMILES string of the molecule is OCc1nc(Oc2cc(F)cc(F)c2)ccc1Cl. The van der Waals surface area contributed by atoms with Gasteiger partial charge in [-0.1, -0.05) is 11.6 Å². The van der Waals surface area contributed by atoms with Crippen LogP contribution in [0.15, 0.2) is 30.3 Å². The van der Waals surface area contributed by atoms with Crippen molar-refractivity contribution in [2.75, 3.05) is 0 Å². The van der Waals surface area contributed by atoms with Gasteiger partial charge in [-0.05, 0) is 6.07 Å². The predicted octanol–water partition coefficient (Wildman–Crippen LogP) is 3.30. The minimum atomic E-state index is -0.749. The number of hydrogen-bond acceptors (Lipinski definition) is 3. The van der Waals surface area contributed by atoms with Gasteiger partial charge < -0.3 is 9.84 Å². The Morgan fingerprint density at radius 2 is 1.83 bits per heavy atom. The van der Waals surface area contributed by atoms with Gasteiger partial charge in [-0.3, -0.25) is 0 Å². The smallest absolute Gasteiger partial charge is 0.219 e. The van der Waals surface area contributed by atoms with Gasteiger partial charge in [-0.2, -0.15) is 0 Å². The first-order valence-corrected chi connectivity index (χ1v) is 5.36. The van der Waals surface area contributed by atoms with Gasteiger partial charge in [0.1, 0.15) is 17.4 Å². The Labute approximate surface area is 107 Å². The molecular weight excluding hydrogens is 264 g/mol. The molecule has 0 aliphatic heterocycles. The van der Waals surface area contributed by atoms with Crippen LogP contribution >= 0.6 is 11.6 Å². The Bertz CT molecular complexity index is 558. The number of ether oxygens (including phenoxy) is 1. The second-order valence-corrected chi connectivity index (χ2v) is 3.85. The molecule has 0 aliphatic carbocycles. The molecule has 0 radical (unpaired) electrons. The van der Waals surface area contributed by atoms with Crippen LogP contribution in [0.4, 0.5) is 8.78 Å². The Morgan fingerprint density at radius 3 is 2.44 bits per heavy atom. The number of aliphatic hydroxyl groups is 1. The van der Waals surface area contributed by atoms with Crippen molar-refractivity contribution in [3.05, 3.63) is 52.7 Å². The monoisotopic (exact) mass is 271 g/mol.